The second kappa shape index (κ2) is 14.0. The molecule has 0 atom stereocenters. The highest BCUT2D eigenvalue weighted by Gasteiger charge is 2.06. The maximum Gasteiger partial charge on any atom is 0.219 e. The first-order valence-electron chi connectivity index (χ1n) is 9.13. The quantitative estimate of drug-likeness (QED) is 0.225. The Bertz CT molecular complexity index is 711. The molecule has 0 saturated heterocycles. The zero-order valence-electron chi connectivity index (χ0n) is 16.6. The lowest BCUT2D eigenvalue weighted by Gasteiger charge is -2.12. The number of guanidine groups is 1. The number of aromatic nitrogens is 1. The monoisotopic (exact) mass is 500 g/mol. The van der Waals surface area contributed by atoms with Gasteiger partial charge in [0.2, 0.25) is 5.88 Å². The topological polar surface area (TPSA) is 77.0 Å². The summed E-state index contributed by atoms with van der Waals surface area (Å²) in [5, 5.41) is 6.43. The number of halogens is 1. The fourth-order valence-corrected chi connectivity index (χ4v) is 2.29. The van der Waals surface area contributed by atoms with E-state index in [1.54, 1.807) is 13.2 Å². The molecule has 1 aromatic carbocycles. The molecule has 0 spiro atoms. The lowest BCUT2D eigenvalue weighted by molar-refractivity contribution is 0.152. The number of nitrogens with zero attached hydrogens (tertiary/aromatic N) is 2. The molecule has 2 rings (SSSR count). The van der Waals surface area contributed by atoms with Crippen LogP contribution in [-0.4, -0.2) is 44.4 Å². The summed E-state index contributed by atoms with van der Waals surface area (Å²) in [6.45, 7) is 7.17. The van der Waals surface area contributed by atoms with Crippen LogP contribution in [0.3, 0.4) is 0 Å². The zero-order valence-corrected chi connectivity index (χ0v) is 18.9. The number of aliphatic imine (C=N–C) groups is 1. The van der Waals surface area contributed by atoms with Crippen LogP contribution in [0.25, 0.3) is 0 Å². The van der Waals surface area contributed by atoms with Gasteiger partial charge in [0.15, 0.2) is 17.5 Å². The summed E-state index contributed by atoms with van der Waals surface area (Å²) in [6, 6.07) is 11.4. The van der Waals surface area contributed by atoms with Gasteiger partial charge < -0.3 is 24.8 Å². The van der Waals surface area contributed by atoms with Crippen LogP contribution in [0.2, 0.25) is 0 Å². The van der Waals surface area contributed by atoms with Gasteiger partial charge in [-0.05, 0) is 31.5 Å². The van der Waals surface area contributed by atoms with Crippen LogP contribution in [-0.2, 0) is 11.3 Å². The van der Waals surface area contributed by atoms with E-state index in [-0.39, 0.29) is 24.0 Å². The number of rotatable bonds is 10. The van der Waals surface area contributed by atoms with Gasteiger partial charge in [-0.2, -0.15) is 0 Å². The molecule has 0 unspecified atom stereocenters. The molecule has 0 aliphatic carbocycles. The van der Waals surface area contributed by atoms with E-state index in [0.29, 0.717) is 50.3 Å². The number of pyridine rings is 1. The Morgan fingerprint density at radius 2 is 1.82 bits per heavy atom. The Balaban J connectivity index is 0.00000392. The minimum atomic E-state index is 0. The van der Waals surface area contributed by atoms with E-state index in [9.17, 15) is 0 Å². The molecule has 0 aliphatic heterocycles. The maximum absolute atomic E-state index is 5.83. The Hall–Kier alpha value is -2.07. The van der Waals surface area contributed by atoms with Gasteiger partial charge in [-0.3, -0.25) is 4.99 Å². The average molecular weight is 500 g/mol. The van der Waals surface area contributed by atoms with Crippen molar-refractivity contribution in [1.82, 2.24) is 15.6 Å². The maximum atomic E-state index is 5.83. The molecule has 0 aliphatic rings. The molecule has 2 aromatic rings. The smallest absolute Gasteiger partial charge is 0.219 e. The molecule has 0 radical (unpaired) electrons. The standard InChI is InChI=1S/C20H28N4O3.HI/c1-4-25-13-12-22-20(21-3)24-15-16-10-11-19(23-14-16)27-18-9-7-6-8-17(18)26-5-2;/h6-11,14H,4-5,12-13,15H2,1-3H3,(H2,21,22,24);1H. The molecule has 1 aromatic heterocycles. The lowest BCUT2D eigenvalue weighted by atomic mass is 10.3. The van der Waals surface area contributed by atoms with Crippen molar-refractivity contribution in [3.05, 3.63) is 48.2 Å². The summed E-state index contributed by atoms with van der Waals surface area (Å²) in [4.78, 5) is 8.55. The van der Waals surface area contributed by atoms with E-state index < -0.39 is 0 Å². The highest BCUT2D eigenvalue weighted by atomic mass is 127. The van der Waals surface area contributed by atoms with E-state index in [4.69, 9.17) is 14.2 Å². The molecule has 2 N–H and O–H groups in total. The van der Waals surface area contributed by atoms with Crippen molar-refractivity contribution in [2.75, 3.05) is 33.4 Å². The first kappa shape index (κ1) is 24.0. The number of ether oxygens (including phenoxy) is 3. The number of nitrogens with one attached hydrogen (secondary N) is 2. The number of hydrogen-bond donors (Lipinski definition) is 2. The fraction of sp³-hybridized carbons (Fsp3) is 0.400. The molecule has 154 valence electrons. The minimum Gasteiger partial charge on any atom is -0.490 e. The number of para-hydroxylation sites is 2. The van der Waals surface area contributed by atoms with E-state index in [1.807, 2.05) is 50.2 Å². The molecule has 0 bridgehead atoms. The number of benzene rings is 1. The second-order valence-electron chi connectivity index (χ2n) is 5.54. The van der Waals surface area contributed by atoms with Crippen molar-refractivity contribution in [3.63, 3.8) is 0 Å². The summed E-state index contributed by atoms with van der Waals surface area (Å²) >= 11 is 0. The Kier molecular flexibility index (Phi) is 12.0. The summed E-state index contributed by atoms with van der Waals surface area (Å²) in [5.41, 5.74) is 1.02. The van der Waals surface area contributed by atoms with Gasteiger partial charge in [-0.1, -0.05) is 18.2 Å². The second-order valence-corrected chi connectivity index (χ2v) is 5.54. The summed E-state index contributed by atoms with van der Waals surface area (Å²) < 4.78 is 16.7. The third kappa shape index (κ3) is 8.30. The van der Waals surface area contributed by atoms with Crippen LogP contribution in [0.5, 0.6) is 17.4 Å². The van der Waals surface area contributed by atoms with Gasteiger partial charge in [0, 0.05) is 39.0 Å². The SMILES string of the molecule is CCOCCNC(=NC)NCc1ccc(Oc2ccccc2OCC)nc1.I. The van der Waals surface area contributed by atoms with Gasteiger partial charge in [0.25, 0.3) is 0 Å². The average Bonchev–Trinajstić information content (AvgIpc) is 2.70. The third-order valence-electron chi connectivity index (χ3n) is 3.59. The highest BCUT2D eigenvalue weighted by molar-refractivity contribution is 14.0. The largest absolute Gasteiger partial charge is 0.490 e. The van der Waals surface area contributed by atoms with E-state index >= 15 is 0 Å². The van der Waals surface area contributed by atoms with E-state index in [1.165, 1.54) is 0 Å². The molecule has 28 heavy (non-hydrogen) atoms. The predicted octanol–water partition coefficient (Wildman–Crippen LogP) is 3.59. The summed E-state index contributed by atoms with van der Waals surface area (Å²) in [6.07, 6.45) is 1.78. The normalized spacial score (nSPS) is 10.8. The molecule has 0 amide bonds. The molecular weight excluding hydrogens is 471 g/mol. The minimum absolute atomic E-state index is 0. The highest BCUT2D eigenvalue weighted by Crippen LogP contribution is 2.30. The fourth-order valence-electron chi connectivity index (χ4n) is 2.29. The van der Waals surface area contributed by atoms with Gasteiger partial charge >= 0.3 is 0 Å². The molecule has 0 fully saturated rings. The lowest BCUT2D eigenvalue weighted by Crippen LogP contribution is -2.38. The van der Waals surface area contributed by atoms with Crippen molar-refractivity contribution in [3.8, 4) is 17.4 Å². The van der Waals surface area contributed by atoms with Gasteiger partial charge in [0.1, 0.15) is 0 Å². The van der Waals surface area contributed by atoms with E-state index in [2.05, 4.69) is 20.6 Å². The Morgan fingerprint density at radius 3 is 2.46 bits per heavy atom. The van der Waals surface area contributed by atoms with Crippen molar-refractivity contribution < 1.29 is 14.2 Å². The van der Waals surface area contributed by atoms with Crippen molar-refractivity contribution in [2.24, 2.45) is 4.99 Å². The van der Waals surface area contributed by atoms with Crippen molar-refractivity contribution in [2.45, 2.75) is 20.4 Å². The molecule has 8 heteroatoms. The zero-order chi connectivity index (χ0) is 19.3. The number of hydrogen-bond acceptors (Lipinski definition) is 5. The van der Waals surface area contributed by atoms with Crippen LogP contribution in [0.15, 0.2) is 47.6 Å². The first-order valence-corrected chi connectivity index (χ1v) is 9.13. The van der Waals surface area contributed by atoms with Gasteiger partial charge in [-0.25, -0.2) is 4.98 Å². The summed E-state index contributed by atoms with van der Waals surface area (Å²) in [5.74, 6) is 2.59. The van der Waals surface area contributed by atoms with Crippen molar-refractivity contribution >= 4 is 29.9 Å². The Labute approximate surface area is 183 Å². The van der Waals surface area contributed by atoms with E-state index in [0.717, 1.165) is 11.5 Å². The van der Waals surface area contributed by atoms with Crippen LogP contribution in [0.1, 0.15) is 19.4 Å². The molecule has 0 saturated carbocycles. The van der Waals surface area contributed by atoms with Crippen LogP contribution < -0.4 is 20.1 Å². The molecule has 7 nitrogen and oxygen atoms in total. The Morgan fingerprint density at radius 1 is 1.04 bits per heavy atom. The van der Waals surface area contributed by atoms with Crippen LogP contribution >= 0.6 is 24.0 Å². The molecular formula is C20H29IN4O3. The molecule has 1 heterocycles. The van der Waals surface area contributed by atoms with Crippen LogP contribution in [0, 0.1) is 0 Å². The summed E-state index contributed by atoms with van der Waals surface area (Å²) in [7, 11) is 1.74. The van der Waals surface area contributed by atoms with Crippen LogP contribution in [0.4, 0.5) is 0 Å². The third-order valence-corrected chi connectivity index (χ3v) is 3.59. The van der Waals surface area contributed by atoms with Crippen molar-refractivity contribution in [1.29, 1.82) is 0 Å². The predicted molar refractivity (Wildman–Crippen MR) is 122 cm³/mol. The van der Waals surface area contributed by atoms with Gasteiger partial charge in [-0.15, -0.1) is 24.0 Å². The first-order chi connectivity index (χ1) is 13.3. The van der Waals surface area contributed by atoms with Gasteiger partial charge in [0.05, 0.1) is 13.2 Å².